The van der Waals surface area contributed by atoms with Gasteiger partial charge in [-0.25, -0.2) is 4.98 Å². The number of rotatable bonds is 5. The zero-order valence-corrected chi connectivity index (χ0v) is 14.8. The Kier molecular flexibility index (Phi) is 5.02. The molecule has 1 saturated carbocycles. The standard InChI is InChI=1S/C17H22BrN3O2/c1-2-21-15-8-5-12(18)9-14(15)20-16(21)10-19-13-6-3-11(4-7-13)17(22)23/h5,8-9,11,13,19H,2-4,6-7,10H2,1H3,(H,22,23). The topological polar surface area (TPSA) is 67.2 Å². The Balaban J connectivity index is 1.67. The molecular formula is C17H22BrN3O2. The number of hydrogen-bond acceptors (Lipinski definition) is 3. The maximum absolute atomic E-state index is 11.0. The molecule has 124 valence electrons. The third-order valence-corrected chi connectivity index (χ3v) is 5.22. The maximum atomic E-state index is 11.0. The molecule has 1 heterocycles. The molecule has 1 aromatic heterocycles. The predicted molar refractivity (Wildman–Crippen MR) is 93.3 cm³/mol. The molecule has 3 rings (SSSR count). The zero-order valence-electron chi connectivity index (χ0n) is 13.3. The van der Waals surface area contributed by atoms with Crippen LogP contribution in [-0.2, 0) is 17.9 Å². The fraction of sp³-hybridized carbons (Fsp3) is 0.529. The highest BCUT2D eigenvalue weighted by Gasteiger charge is 2.25. The normalized spacial score (nSPS) is 21.7. The first-order valence-corrected chi connectivity index (χ1v) is 8.98. The van der Waals surface area contributed by atoms with Crippen molar-refractivity contribution in [2.24, 2.45) is 5.92 Å². The van der Waals surface area contributed by atoms with E-state index in [0.29, 0.717) is 6.04 Å². The summed E-state index contributed by atoms with van der Waals surface area (Å²) in [7, 11) is 0. The van der Waals surface area contributed by atoms with Gasteiger partial charge in [-0.2, -0.15) is 0 Å². The Hall–Kier alpha value is -1.40. The van der Waals surface area contributed by atoms with Crippen molar-refractivity contribution in [1.82, 2.24) is 14.9 Å². The summed E-state index contributed by atoms with van der Waals surface area (Å²) in [6, 6.07) is 6.57. The molecule has 1 aromatic carbocycles. The number of carbonyl (C=O) groups is 1. The number of nitrogens with one attached hydrogen (secondary N) is 1. The molecule has 0 radical (unpaired) electrons. The van der Waals surface area contributed by atoms with Crippen molar-refractivity contribution in [3.05, 3.63) is 28.5 Å². The molecule has 1 aliphatic carbocycles. The number of benzene rings is 1. The average Bonchev–Trinajstić information content (AvgIpc) is 2.89. The summed E-state index contributed by atoms with van der Waals surface area (Å²) in [6.07, 6.45) is 3.39. The van der Waals surface area contributed by atoms with Crippen LogP contribution in [0, 0.1) is 5.92 Å². The second kappa shape index (κ2) is 7.01. The molecule has 0 saturated heterocycles. The van der Waals surface area contributed by atoms with Crippen molar-refractivity contribution in [3.8, 4) is 0 Å². The van der Waals surface area contributed by atoms with Crippen LogP contribution in [0.3, 0.4) is 0 Å². The van der Waals surface area contributed by atoms with Gasteiger partial charge in [0, 0.05) is 17.1 Å². The number of aromatic nitrogens is 2. The molecule has 2 N–H and O–H groups in total. The van der Waals surface area contributed by atoms with Crippen LogP contribution in [0.1, 0.15) is 38.4 Å². The molecule has 1 aliphatic rings. The van der Waals surface area contributed by atoms with Crippen LogP contribution >= 0.6 is 15.9 Å². The van der Waals surface area contributed by atoms with E-state index in [2.05, 4.69) is 38.8 Å². The fourth-order valence-electron chi connectivity index (χ4n) is 3.42. The summed E-state index contributed by atoms with van der Waals surface area (Å²) < 4.78 is 3.27. The van der Waals surface area contributed by atoms with Crippen LogP contribution in [0.4, 0.5) is 0 Å². The molecular weight excluding hydrogens is 358 g/mol. The van der Waals surface area contributed by atoms with Crippen LogP contribution in [0.25, 0.3) is 11.0 Å². The van der Waals surface area contributed by atoms with Crippen molar-refractivity contribution >= 4 is 32.9 Å². The highest BCUT2D eigenvalue weighted by Crippen LogP contribution is 2.25. The number of halogens is 1. The Morgan fingerprint density at radius 2 is 2.13 bits per heavy atom. The molecule has 2 aromatic rings. The Morgan fingerprint density at radius 1 is 1.39 bits per heavy atom. The van der Waals surface area contributed by atoms with Crippen molar-refractivity contribution < 1.29 is 9.90 Å². The maximum Gasteiger partial charge on any atom is 0.306 e. The first kappa shape index (κ1) is 16.5. The van der Waals surface area contributed by atoms with Crippen molar-refractivity contribution in [1.29, 1.82) is 0 Å². The number of imidazole rings is 1. The highest BCUT2D eigenvalue weighted by atomic mass is 79.9. The van der Waals surface area contributed by atoms with Gasteiger partial charge in [0.05, 0.1) is 23.5 Å². The van der Waals surface area contributed by atoms with E-state index < -0.39 is 5.97 Å². The first-order chi connectivity index (χ1) is 11.1. The third-order valence-electron chi connectivity index (χ3n) is 4.73. The van der Waals surface area contributed by atoms with Crippen molar-refractivity contribution in [2.45, 2.75) is 51.7 Å². The van der Waals surface area contributed by atoms with E-state index in [9.17, 15) is 4.79 Å². The Bertz CT molecular complexity index is 705. The van der Waals surface area contributed by atoms with Crippen LogP contribution < -0.4 is 5.32 Å². The fourth-order valence-corrected chi connectivity index (χ4v) is 3.77. The second-order valence-electron chi connectivity index (χ2n) is 6.17. The van der Waals surface area contributed by atoms with E-state index in [0.717, 1.165) is 60.1 Å². The van der Waals surface area contributed by atoms with Gasteiger partial charge in [0.2, 0.25) is 0 Å². The summed E-state index contributed by atoms with van der Waals surface area (Å²) >= 11 is 3.49. The van der Waals surface area contributed by atoms with Crippen LogP contribution in [0.2, 0.25) is 0 Å². The Labute approximate surface area is 144 Å². The zero-order chi connectivity index (χ0) is 16.4. The van der Waals surface area contributed by atoms with Gasteiger partial charge in [0.15, 0.2) is 0 Å². The number of nitrogens with zero attached hydrogens (tertiary/aromatic N) is 2. The lowest BCUT2D eigenvalue weighted by Crippen LogP contribution is -2.35. The quantitative estimate of drug-likeness (QED) is 0.833. The lowest BCUT2D eigenvalue weighted by Gasteiger charge is -2.26. The number of aliphatic carboxylic acids is 1. The van der Waals surface area contributed by atoms with Gasteiger partial charge < -0.3 is 15.0 Å². The van der Waals surface area contributed by atoms with Gasteiger partial charge in [-0.05, 0) is 50.8 Å². The molecule has 23 heavy (non-hydrogen) atoms. The molecule has 5 nitrogen and oxygen atoms in total. The number of hydrogen-bond donors (Lipinski definition) is 2. The highest BCUT2D eigenvalue weighted by molar-refractivity contribution is 9.10. The Morgan fingerprint density at radius 3 is 2.78 bits per heavy atom. The number of carboxylic acid groups (broad SMARTS) is 1. The van der Waals surface area contributed by atoms with Gasteiger partial charge in [-0.3, -0.25) is 4.79 Å². The van der Waals surface area contributed by atoms with Crippen molar-refractivity contribution in [2.75, 3.05) is 0 Å². The predicted octanol–water partition coefficient (Wildman–Crippen LogP) is 3.55. The van der Waals surface area contributed by atoms with E-state index in [4.69, 9.17) is 10.1 Å². The van der Waals surface area contributed by atoms with Crippen molar-refractivity contribution in [3.63, 3.8) is 0 Å². The van der Waals surface area contributed by atoms with E-state index in [1.54, 1.807) is 0 Å². The summed E-state index contributed by atoms with van der Waals surface area (Å²) in [5, 5.41) is 12.6. The van der Waals surface area contributed by atoms with Crippen LogP contribution in [0.5, 0.6) is 0 Å². The molecule has 0 unspecified atom stereocenters. The SMILES string of the molecule is CCn1c(CNC2CCC(C(=O)O)CC2)nc2cc(Br)ccc21. The average molecular weight is 380 g/mol. The molecule has 0 bridgehead atoms. The summed E-state index contributed by atoms with van der Waals surface area (Å²) in [6.45, 7) is 3.74. The largest absolute Gasteiger partial charge is 0.481 e. The lowest BCUT2D eigenvalue weighted by molar-refractivity contribution is -0.142. The lowest BCUT2D eigenvalue weighted by atomic mass is 9.86. The smallest absolute Gasteiger partial charge is 0.306 e. The first-order valence-electron chi connectivity index (χ1n) is 8.19. The second-order valence-corrected chi connectivity index (χ2v) is 7.09. The molecule has 0 atom stereocenters. The molecule has 0 aliphatic heterocycles. The minimum atomic E-state index is -0.651. The van der Waals surface area contributed by atoms with Gasteiger partial charge in [-0.15, -0.1) is 0 Å². The minimum Gasteiger partial charge on any atom is -0.481 e. The van der Waals surface area contributed by atoms with E-state index in [-0.39, 0.29) is 5.92 Å². The van der Waals surface area contributed by atoms with Crippen LogP contribution in [-0.4, -0.2) is 26.7 Å². The van der Waals surface area contributed by atoms with Crippen LogP contribution in [0.15, 0.2) is 22.7 Å². The van der Waals surface area contributed by atoms with Gasteiger partial charge in [-0.1, -0.05) is 15.9 Å². The van der Waals surface area contributed by atoms with E-state index >= 15 is 0 Å². The van der Waals surface area contributed by atoms with Gasteiger partial charge in [0.1, 0.15) is 5.82 Å². The molecule has 6 heteroatoms. The van der Waals surface area contributed by atoms with E-state index in [1.807, 2.05) is 12.1 Å². The molecule has 0 amide bonds. The van der Waals surface area contributed by atoms with E-state index in [1.165, 1.54) is 0 Å². The van der Waals surface area contributed by atoms with Gasteiger partial charge in [0.25, 0.3) is 0 Å². The minimum absolute atomic E-state index is 0.161. The summed E-state index contributed by atoms with van der Waals surface area (Å²) in [4.78, 5) is 15.8. The molecule has 1 fully saturated rings. The summed E-state index contributed by atoms with van der Waals surface area (Å²) in [5.74, 6) is 0.230. The number of carboxylic acids is 1. The third kappa shape index (κ3) is 3.58. The van der Waals surface area contributed by atoms with Gasteiger partial charge >= 0.3 is 5.97 Å². The monoisotopic (exact) mass is 379 g/mol. The molecule has 0 spiro atoms. The number of aryl methyl sites for hydroxylation is 1. The number of fused-ring (bicyclic) bond motifs is 1. The summed E-state index contributed by atoms with van der Waals surface area (Å²) in [5.41, 5.74) is 2.16.